The van der Waals surface area contributed by atoms with E-state index >= 15 is 0 Å². The lowest BCUT2D eigenvalue weighted by atomic mass is 9.76. The first-order valence-electron chi connectivity index (χ1n) is 10.4. The highest BCUT2D eigenvalue weighted by Gasteiger charge is 2.31. The summed E-state index contributed by atoms with van der Waals surface area (Å²) in [7, 11) is 0. The van der Waals surface area contributed by atoms with Crippen LogP contribution in [0, 0.1) is 0 Å². The normalized spacial score (nSPS) is 19.3. The molecule has 7 heteroatoms. The lowest BCUT2D eigenvalue weighted by Gasteiger charge is -2.29. The van der Waals surface area contributed by atoms with Gasteiger partial charge in [-0.15, -0.1) is 0 Å². The number of hydrogen-bond acceptors (Lipinski definition) is 3. The highest BCUT2D eigenvalue weighted by atomic mass is 19.4. The second kappa shape index (κ2) is 8.57. The maximum absolute atomic E-state index is 13.1. The topological polar surface area (TPSA) is 71.8 Å². The number of aromatic nitrogens is 2. The van der Waals surface area contributed by atoms with E-state index in [2.05, 4.69) is 22.1 Å². The highest BCUT2D eigenvalue weighted by Crippen LogP contribution is 2.40. The smallest absolute Gasteiger partial charge is 0.369 e. The van der Waals surface area contributed by atoms with Crippen molar-refractivity contribution in [1.29, 1.82) is 0 Å². The fraction of sp³-hybridized carbons (Fsp3) is 0.333. The Labute approximate surface area is 178 Å². The van der Waals surface area contributed by atoms with Crippen LogP contribution >= 0.6 is 0 Å². The molecule has 0 bridgehead atoms. The van der Waals surface area contributed by atoms with E-state index in [4.69, 9.17) is 5.73 Å². The van der Waals surface area contributed by atoms with Crippen molar-refractivity contribution < 1.29 is 13.2 Å². The molecule has 0 spiro atoms. The number of halogens is 3. The van der Waals surface area contributed by atoms with Crippen LogP contribution in [0.15, 0.2) is 59.4 Å². The SMILES string of the molecule is Nc1nc(C2CCC(c3ccccc3)CC2)c(Cc2cccc(C(F)(F)F)c2)c(=O)[nH]1. The molecule has 1 aromatic heterocycles. The zero-order valence-corrected chi connectivity index (χ0v) is 17.0. The summed E-state index contributed by atoms with van der Waals surface area (Å²) in [6.07, 6.45) is -0.713. The minimum Gasteiger partial charge on any atom is -0.369 e. The average molecular weight is 427 g/mol. The first-order chi connectivity index (χ1) is 14.8. The summed E-state index contributed by atoms with van der Waals surface area (Å²) >= 11 is 0. The number of aromatic amines is 1. The van der Waals surface area contributed by atoms with Gasteiger partial charge < -0.3 is 5.73 Å². The average Bonchev–Trinajstić information content (AvgIpc) is 2.76. The molecular weight excluding hydrogens is 403 g/mol. The van der Waals surface area contributed by atoms with Gasteiger partial charge in [-0.25, -0.2) is 4.98 Å². The number of H-pyrrole nitrogens is 1. The van der Waals surface area contributed by atoms with Gasteiger partial charge in [-0.05, 0) is 48.8 Å². The quantitative estimate of drug-likeness (QED) is 0.585. The van der Waals surface area contributed by atoms with E-state index in [1.807, 2.05) is 18.2 Å². The molecule has 2 aromatic carbocycles. The predicted octanol–water partition coefficient (Wildman–Crippen LogP) is 5.40. The number of nitrogens with zero attached hydrogens (tertiary/aromatic N) is 1. The monoisotopic (exact) mass is 427 g/mol. The second-order valence-corrected chi connectivity index (χ2v) is 8.15. The molecule has 3 aromatic rings. The zero-order valence-electron chi connectivity index (χ0n) is 17.0. The number of anilines is 1. The van der Waals surface area contributed by atoms with Crippen LogP contribution in [0.25, 0.3) is 0 Å². The number of nitrogens with two attached hydrogens (primary N) is 1. The van der Waals surface area contributed by atoms with Crippen molar-refractivity contribution in [2.24, 2.45) is 0 Å². The lowest BCUT2D eigenvalue weighted by molar-refractivity contribution is -0.137. The minimum absolute atomic E-state index is 0.0398. The molecule has 0 unspecified atom stereocenters. The van der Waals surface area contributed by atoms with Gasteiger partial charge in [0.15, 0.2) is 0 Å². The first kappa shape index (κ1) is 21.2. The molecule has 3 N–H and O–H groups in total. The van der Waals surface area contributed by atoms with E-state index in [-0.39, 0.29) is 23.8 Å². The van der Waals surface area contributed by atoms with Crippen molar-refractivity contribution >= 4 is 5.95 Å². The molecule has 1 fully saturated rings. The van der Waals surface area contributed by atoms with Crippen LogP contribution in [-0.4, -0.2) is 9.97 Å². The van der Waals surface area contributed by atoms with E-state index in [0.29, 0.717) is 22.7 Å². The van der Waals surface area contributed by atoms with Gasteiger partial charge in [0.25, 0.3) is 5.56 Å². The molecule has 1 heterocycles. The number of benzene rings is 2. The van der Waals surface area contributed by atoms with Crippen molar-refractivity contribution in [2.45, 2.75) is 50.1 Å². The van der Waals surface area contributed by atoms with Gasteiger partial charge in [-0.2, -0.15) is 13.2 Å². The standard InChI is InChI=1S/C24H24F3N3O/c25-24(26,27)19-8-4-5-15(13-19)14-20-21(29-23(28)30-22(20)31)18-11-9-17(10-12-18)16-6-2-1-3-7-16/h1-8,13,17-18H,9-12,14H2,(H3,28,29,30,31). The molecule has 4 nitrogen and oxygen atoms in total. The zero-order chi connectivity index (χ0) is 22.0. The lowest BCUT2D eigenvalue weighted by Crippen LogP contribution is -2.24. The first-order valence-corrected chi connectivity index (χ1v) is 10.4. The molecule has 0 radical (unpaired) electrons. The Balaban J connectivity index is 1.59. The van der Waals surface area contributed by atoms with E-state index in [1.165, 1.54) is 11.6 Å². The molecule has 1 aliphatic rings. The van der Waals surface area contributed by atoms with Gasteiger partial charge in [0.05, 0.1) is 11.3 Å². The molecule has 4 rings (SSSR count). The summed E-state index contributed by atoms with van der Waals surface area (Å²) in [4.78, 5) is 19.6. The largest absolute Gasteiger partial charge is 0.416 e. The summed E-state index contributed by atoms with van der Waals surface area (Å²) in [6, 6.07) is 15.4. The third-order valence-corrected chi connectivity index (χ3v) is 6.09. The predicted molar refractivity (Wildman–Crippen MR) is 114 cm³/mol. The maximum Gasteiger partial charge on any atom is 0.416 e. The summed E-state index contributed by atoms with van der Waals surface area (Å²) in [5.41, 5.74) is 7.45. The number of rotatable bonds is 4. The Bertz CT molecular complexity index is 1100. The van der Waals surface area contributed by atoms with Gasteiger partial charge >= 0.3 is 6.18 Å². The molecule has 0 amide bonds. The summed E-state index contributed by atoms with van der Waals surface area (Å²) in [6.45, 7) is 0. The van der Waals surface area contributed by atoms with Crippen molar-refractivity contribution in [3.63, 3.8) is 0 Å². The Morgan fingerprint density at radius 1 is 0.968 bits per heavy atom. The van der Waals surface area contributed by atoms with Crippen molar-refractivity contribution in [3.05, 3.63) is 92.9 Å². The summed E-state index contributed by atoms with van der Waals surface area (Å²) < 4.78 is 39.3. The van der Waals surface area contributed by atoms with E-state index in [0.717, 1.165) is 37.8 Å². The number of hydrogen-bond donors (Lipinski definition) is 2. The summed E-state index contributed by atoms with van der Waals surface area (Å²) in [5, 5.41) is 0. The van der Waals surface area contributed by atoms with Gasteiger partial charge in [0, 0.05) is 17.9 Å². The Hall–Kier alpha value is -3.09. The number of alkyl halides is 3. The molecule has 31 heavy (non-hydrogen) atoms. The van der Waals surface area contributed by atoms with E-state index in [9.17, 15) is 18.0 Å². The Morgan fingerprint density at radius 3 is 2.32 bits per heavy atom. The van der Waals surface area contributed by atoms with Crippen molar-refractivity contribution in [3.8, 4) is 0 Å². The fourth-order valence-corrected chi connectivity index (χ4v) is 4.53. The molecular formula is C24H24F3N3O. The van der Waals surface area contributed by atoms with Crippen molar-refractivity contribution in [2.75, 3.05) is 5.73 Å². The minimum atomic E-state index is -4.43. The Morgan fingerprint density at radius 2 is 1.65 bits per heavy atom. The van der Waals surface area contributed by atoms with Crippen LogP contribution in [0.5, 0.6) is 0 Å². The molecule has 1 saturated carbocycles. The van der Waals surface area contributed by atoms with Gasteiger partial charge in [0.1, 0.15) is 0 Å². The van der Waals surface area contributed by atoms with Gasteiger partial charge in [-0.3, -0.25) is 9.78 Å². The van der Waals surface area contributed by atoms with Crippen molar-refractivity contribution in [1.82, 2.24) is 9.97 Å². The second-order valence-electron chi connectivity index (χ2n) is 8.15. The molecule has 162 valence electrons. The molecule has 1 aliphatic carbocycles. The number of nitrogens with one attached hydrogen (secondary N) is 1. The molecule has 0 saturated heterocycles. The molecule has 0 atom stereocenters. The maximum atomic E-state index is 13.1. The number of nitrogen functional groups attached to an aromatic ring is 1. The van der Waals surface area contributed by atoms with Crippen LogP contribution in [0.4, 0.5) is 19.1 Å². The Kier molecular flexibility index (Phi) is 5.85. The van der Waals surface area contributed by atoms with E-state index in [1.54, 1.807) is 6.07 Å². The fourth-order valence-electron chi connectivity index (χ4n) is 4.53. The third-order valence-electron chi connectivity index (χ3n) is 6.09. The van der Waals surface area contributed by atoms with Gasteiger partial charge in [0.2, 0.25) is 5.95 Å². The van der Waals surface area contributed by atoms with Crippen LogP contribution in [-0.2, 0) is 12.6 Å². The van der Waals surface area contributed by atoms with Crippen LogP contribution in [0.2, 0.25) is 0 Å². The summed E-state index contributed by atoms with van der Waals surface area (Å²) in [5.74, 6) is 0.562. The van der Waals surface area contributed by atoms with Crippen LogP contribution in [0.1, 0.15) is 65.5 Å². The molecule has 0 aliphatic heterocycles. The van der Waals surface area contributed by atoms with E-state index < -0.39 is 11.7 Å². The van der Waals surface area contributed by atoms with Gasteiger partial charge in [-0.1, -0.05) is 48.5 Å². The highest BCUT2D eigenvalue weighted by molar-refractivity contribution is 5.35. The van der Waals surface area contributed by atoms with Crippen LogP contribution in [0.3, 0.4) is 0 Å². The third kappa shape index (κ3) is 4.81. The van der Waals surface area contributed by atoms with Crippen LogP contribution < -0.4 is 11.3 Å².